The van der Waals surface area contributed by atoms with E-state index in [1.165, 1.54) is 12.1 Å². The Bertz CT molecular complexity index is 663. The Kier molecular flexibility index (Phi) is 6.98. The molecule has 0 atom stereocenters. The van der Waals surface area contributed by atoms with Gasteiger partial charge in [-0.15, -0.1) is 0 Å². The van der Waals surface area contributed by atoms with Crippen molar-refractivity contribution in [2.45, 2.75) is 44.6 Å². The van der Waals surface area contributed by atoms with E-state index in [-0.39, 0.29) is 16.8 Å². The Hall–Kier alpha value is -1.44. The maximum atomic E-state index is 12.6. The first kappa shape index (κ1) is 19.9. The van der Waals surface area contributed by atoms with Gasteiger partial charge in [-0.2, -0.15) is 0 Å². The van der Waals surface area contributed by atoms with Crippen LogP contribution in [0.4, 0.5) is 0 Å². The lowest BCUT2D eigenvalue weighted by Crippen LogP contribution is -2.40. The first-order valence-corrected chi connectivity index (χ1v) is 10.4. The number of nitrogens with one attached hydrogen (secondary N) is 2. The first-order valence-electron chi connectivity index (χ1n) is 8.96. The van der Waals surface area contributed by atoms with Crippen molar-refractivity contribution in [1.29, 1.82) is 0 Å². The fraction of sp³-hybridized carbons (Fsp3) is 0.611. The van der Waals surface area contributed by atoms with Gasteiger partial charge in [0.05, 0.1) is 4.90 Å². The number of piperidine rings is 1. The summed E-state index contributed by atoms with van der Waals surface area (Å²) in [5.74, 6) is 0.598. The SMILES string of the molecule is CCNCC1CCN(C(=O)c2ccc(S(=O)(=O)NC(C)C)cc2)CC1. The van der Waals surface area contributed by atoms with E-state index in [1.54, 1.807) is 26.0 Å². The normalized spacial score (nSPS) is 16.4. The summed E-state index contributed by atoms with van der Waals surface area (Å²) in [5, 5.41) is 3.36. The molecule has 2 rings (SSSR count). The average molecular weight is 368 g/mol. The summed E-state index contributed by atoms with van der Waals surface area (Å²) in [6.07, 6.45) is 2.01. The van der Waals surface area contributed by atoms with Crippen LogP contribution in [0.15, 0.2) is 29.2 Å². The molecule has 25 heavy (non-hydrogen) atoms. The molecule has 7 heteroatoms. The molecular weight excluding hydrogens is 338 g/mol. The van der Waals surface area contributed by atoms with Crippen molar-refractivity contribution >= 4 is 15.9 Å². The summed E-state index contributed by atoms with van der Waals surface area (Å²) in [6.45, 7) is 9.13. The van der Waals surface area contributed by atoms with E-state index in [2.05, 4.69) is 17.0 Å². The Morgan fingerprint density at radius 2 is 1.80 bits per heavy atom. The number of hydrogen-bond acceptors (Lipinski definition) is 4. The number of carbonyl (C=O) groups excluding carboxylic acids is 1. The number of amides is 1. The topological polar surface area (TPSA) is 78.5 Å². The van der Waals surface area contributed by atoms with Crippen molar-refractivity contribution in [2.24, 2.45) is 5.92 Å². The first-order chi connectivity index (χ1) is 11.8. The van der Waals surface area contributed by atoms with Crippen molar-refractivity contribution in [3.8, 4) is 0 Å². The summed E-state index contributed by atoms with van der Waals surface area (Å²) >= 11 is 0. The van der Waals surface area contributed by atoms with Crippen LogP contribution in [-0.4, -0.2) is 51.4 Å². The quantitative estimate of drug-likeness (QED) is 0.771. The maximum absolute atomic E-state index is 12.6. The van der Waals surface area contributed by atoms with E-state index < -0.39 is 10.0 Å². The molecule has 0 radical (unpaired) electrons. The lowest BCUT2D eigenvalue weighted by Gasteiger charge is -2.32. The highest BCUT2D eigenvalue weighted by Gasteiger charge is 2.24. The van der Waals surface area contributed by atoms with Gasteiger partial charge in [-0.1, -0.05) is 6.92 Å². The van der Waals surface area contributed by atoms with Crippen molar-refractivity contribution < 1.29 is 13.2 Å². The van der Waals surface area contributed by atoms with Gasteiger partial charge in [0.1, 0.15) is 0 Å². The van der Waals surface area contributed by atoms with Gasteiger partial charge in [0.25, 0.3) is 5.91 Å². The second-order valence-electron chi connectivity index (χ2n) is 6.84. The zero-order valence-electron chi connectivity index (χ0n) is 15.3. The van der Waals surface area contributed by atoms with Crippen LogP contribution in [0.3, 0.4) is 0 Å². The number of hydrogen-bond donors (Lipinski definition) is 2. The van der Waals surface area contributed by atoms with E-state index in [1.807, 2.05) is 4.90 Å². The number of benzene rings is 1. The van der Waals surface area contributed by atoms with Gasteiger partial charge in [0.2, 0.25) is 10.0 Å². The van der Waals surface area contributed by atoms with E-state index >= 15 is 0 Å². The van der Waals surface area contributed by atoms with Gasteiger partial charge in [-0.05, 0) is 70.0 Å². The third-order valence-corrected chi connectivity index (χ3v) is 6.06. The molecule has 1 saturated heterocycles. The van der Waals surface area contributed by atoms with Crippen LogP contribution in [0.2, 0.25) is 0 Å². The molecule has 1 aliphatic rings. The molecule has 0 bridgehead atoms. The van der Waals surface area contributed by atoms with Crippen molar-refractivity contribution in [3.63, 3.8) is 0 Å². The number of carbonyl (C=O) groups is 1. The van der Waals surface area contributed by atoms with E-state index in [9.17, 15) is 13.2 Å². The standard InChI is InChI=1S/C18H29N3O3S/c1-4-19-13-15-9-11-21(12-10-15)18(22)16-5-7-17(8-6-16)25(23,24)20-14(2)3/h5-8,14-15,19-20H,4,9-13H2,1-3H3. The zero-order valence-corrected chi connectivity index (χ0v) is 16.1. The molecule has 0 spiro atoms. The second kappa shape index (κ2) is 8.78. The Balaban J connectivity index is 1.97. The molecule has 1 heterocycles. The van der Waals surface area contributed by atoms with E-state index in [0.717, 1.165) is 39.0 Å². The lowest BCUT2D eigenvalue weighted by atomic mass is 9.96. The van der Waals surface area contributed by atoms with Crippen LogP contribution in [0, 0.1) is 5.92 Å². The minimum atomic E-state index is -3.52. The van der Waals surface area contributed by atoms with E-state index in [0.29, 0.717) is 11.5 Å². The van der Waals surface area contributed by atoms with Crippen molar-refractivity contribution in [3.05, 3.63) is 29.8 Å². The van der Waals surface area contributed by atoms with Gasteiger partial charge in [0, 0.05) is 24.7 Å². The smallest absolute Gasteiger partial charge is 0.253 e. The molecule has 140 valence electrons. The van der Waals surface area contributed by atoms with Gasteiger partial charge in [-0.25, -0.2) is 13.1 Å². The highest BCUT2D eigenvalue weighted by Crippen LogP contribution is 2.19. The third-order valence-electron chi connectivity index (χ3n) is 4.39. The van der Waals surface area contributed by atoms with Gasteiger partial charge >= 0.3 is 0 Å². The lowest BCUT2D eigenvalue weighted by molar-refractivity contribution is 0.0690. The molecule has 1 aromatic rings. The summed E-state index contributed by atoms with van der Waals surface area (Å²) in [7, 11) is -3.52. The minimum absolute atomic E-state index is 0.0253. The molecule has 1 aliphatic heterocycles. The van der Waals surface area contributed by atoms with E-state index in [4.69, 9.17) is 0 Å². The molecule has 1 fully saturated rings. The number of nitrogens with zero attached hydrogens (tertiary/aromatic N) is 1. The fourth-order valence-electron chi connectivity index (χ4n) is 3.03. The molecule has 2 N–H and O–H groups in total. The van der Waals surface area contributed by atoms with Gasteiger partial charge in [0.15, 0.2) is 0 Å². The maximum Gasteiger partial charge on any atom is 0.253 e. The summed E-state index contributed by atoms with van der Waals surface area (Å²) in [6, 6.07) is 6.02. The van der Waals surface area contributed by atoms with Crippen LogP contribution in [-0.2, 0) is 10.0 Å². The van der Waals surface area contributed by atoms with Crippen LogP contribution in [0.1, 0.15) is 44.0 Å². The van der Waals surface area contributed by atoms with Crippen LogP contribution < -0.4 is 10.0 Å². The molecule has 6 nitrogen and oxygen atoms in total. The minimum Gasteiger partial charge on any atom is -0.339 e. The highest BCUT2D eigenvalue weighted by molar-refractivity contribution is 7.89. The summed E-state index contributed by atoms with van der Waals surface area (Å²) in [5.41, 5.74) is 0.536. The monoisotopic (exact) mass is 367 g/mol. The molecule has 0 saturated carbocycles. The Morgan fingerprint density at radius 3 is 2.32 bits per heavy atom. The zero-order chi connectivity index (χ0) is 18.4. The summed E-state index contributed by atoms with van der Waals surface area (Å²) in [4.78, 5) is 14.6. The van der Waals surface area contributed by atoms with Gasteiger partial charge in [-0.3, -0.25) is 4.79 Å². The number of sulfonamides is 1. The number of rotatable bonds is 7. The average Bonchev–Trinajstić information content (AvgIpc) is 2.59. The highest BCUT2D eigenvalue weighted by atomic mass is 32.2. The predicted molar refractivity (Wildman–Crippen MR) is 99.1 cm³/mol. The molecule has 0 aliphatic carbocycles. The molecule has 1 aromatic carbocycles. The fourth-order valence-corrected chi connectivity index (χ4v) is 4.28. The number of likely N-dealkylation sites (tertiary alicyclic amines) is 1. The second-order valence-corrected chi connectivity index (χ2v) is 8.56. The van der Waals surface area contributed by atoms with Gasteiger partial charge < -0.3 is 10.2 Å². The molecule has 0 unspecified atom stereocenters. The molecule has 1 amide bonds. The largest absolute Gasteiger partial charge is 0.339 e. The predicted octanol–water partition coefficient (Wildman–Crippen LogP) is 1.84. The summed E-state index contributed by atoms with van der Waals surface area (Å²) < 4.78 is 26.8. The van der Waals surface area contributed by atoms with Crippen LogP contribution in [0.25, 0.3) is 0 Å². The van der Waals surface area contributed by atoms with Crippen LogP contribution >= 0.6 is 0 Å². The third kappa shape index (κ3) is 5.52. The van der Waals surface area contributed by atoms with Crippen molar-refractivity contribution in [2.75, 3.05) is 26.2 Å². The van der Waals surface area contributed by atoms with Crippen molar-refractivity contribution in [1.82, 2.24) is 14.9 Å². The van der Waals surface area contributed by atoms with Crippen LogP contribution in [0.5, 0.6) is 0 Å². The Labute approximate surface area is 151 Å². The molecule has 0 aromatic heterocycles. The molecular formula is C18H29N3O3S. The Morgan fingerprint density at radius 1 is 1.20 bits per heavy atom.